The van der Waals surface area contributed by atoms with Gasteiger partial charge in [0.1, 0.15) is 0 Å². The number of nitrogens with zero attached hydrogens (tertiary/aromatic N) is 2. The minimum atomic E-state index is -0.244. The van der Waals surface area contributed by atoms with E-state index in [9.17, 15) is 4.79 Å². The Labute approximate surface area is 88.5 Å². The van der Waals surface area contributed by atoms with Crippen molar-refractivity contribution in [3.8, 4) is 10.7 Å². The van der Waals surface area contributed by atoms with Gasteiger partial charge < -0.3 is 4.52 Å². The van der Waals surface area contributed by atoms with Crippen molar-refractivity contribution in [2.75, 3.05) is 0 Å². The van der Waals surface area contributed by atoms with Crippen LogP contribution >= 0.6 is 22.9 Å². The lowest BCUT2D eigenvalue weighted by atomic mass is 10.4. The molecule has 0 unspecified atom stereocenters. The Morgan fingerprint density at radius 3 is 2.86 bits per heavy atom. The van der Waals surface area contributed by atoms with Gasteiger partial charge in [0.15, 0.2) is 0 Å². The number of rotatable bonds is 2. The monoisotopic (exact) mass is 228 g/mol. The van der Waals surface area contributed by atoms with Crippen molar-refractivity contribution in [3.63, 3.8) is 0 Å². The molecule has 2 heterocycles. The van der Waals surface area contributed by atoms with Crippen LogP contribution in [0.4, 0.5) is 0 Å². The molecule has 0 fully saturated rings. The second-order valence-corrected chi connectivity index (χ2v) is 4.30. The molecule has 0 spiro atoms. The van der Waals surface area contributed by atoms with E-state index in [4.69, 9.17) is 16.1 Å². The van der Waals surface area contributed by atoms with Gasteiger partial charge in [-0.3, -0.25) is 4.79 Å². The molecule has 0 bridgehead atoms. The molecule has 2 aromatic rings. The van der Waals surface area contributed by atoms with Crippen LogP contribution in [0, 0.1) is 0 Å². The highest BCUT2D eigenvalue weighted by atomic mass is 35.5. The lowest BCUT2D eigenvalue weighted by Crippen LogP contribution is -1.90. The quantitative estimate of drug-likeness (QED) is 0.742. The summed E-state index contributed by atoms with van der Waals surface area (Å²) < 4.78 is 5.39. The molecule has 0 amide bonds. The summed E-state index contributed by atoms with van der Waals surface area (Å²) >= 11 is 7.08. The van der Waals surface area contributed by atoms with E-state index >= 15 is 0 Å². The highest BCUT2D eigenvalue weighted by Gasteiger charge is 2.13. The summed E-state index contributed by atoms with van der Waals surface area (Å²) in [5.74, 6) is 0.169. The van der Waals surface area contributed by atoms with Crippen LogP contribution in [0.25, 0.3) is 10.7 Å². The number of aromatic nitrogens is 2. The minimum Gasteiger partial charge on any atom is -0.330 e. The van der Waals surface area contributed by atoms with Crippen molar-refractivity contribution in [1.29, 1.82) is 0 Å². The number of Topliss-reactive ketones (excluding diaryl/α,β-unsaturated/α-hetero) is 1. The van der Waals surface area contributed by atoms with E-state index in [1.165, 1.54) is 18.3 Å². The van der Waals surface area contributed by atoms with Gasteiger partial charge in [0.2, 0.25) is 11.6 Å². The van der Waals surface area contributed by atoms with Gasteiger partial charge in [-0.2, -0.15) is 4.98 Å². The van der Waals surface area contributed by atoms with Crippen LogP contribution in [0.2, 0.25) is 4.34 Å². The average molecular weight is 229 g/mol. The molecule has 14 heavy (non-hydrogen) atoms. The lowest BCUT2D eigenvalue weighted by Gasteiger charge is -1.82. The molecule has 2 rings (SSSR count). The molecule has 0 saturated carbocycles. The maximum atomic E-state index is 10.9. The first-order valence-corrected chi connectivity index (χ1v) is 4.96. The molecular weight excluding hydrogens is 224 g/mol. The van der Waals surface area contributed by atoms with E-state index in [0.29, 0.717) is 10.2 Å². The standard InChI is InChI=1S/C8H5ClN2O2S/c1-4(12)8-10-7(11-13-8)5-2-3-6(9)14-5/h2-3H,1H3. The van der Waals surface area contributed by atoms with Crippen LogP contribution in [0.1, 0.15) is 17.6 Å². The van der Waals surface area contributed by atoms with Crippen LogP contribution in [-0.2, 0) is 0 Å². The lowest BCUT2D eigenvalue weighted by molar-refractivity contribution is 0.0972. The second-order valence-electron chi connectivity index (χ2n) is 2.58. The smallest absolute Gasteiger partial charge is 0.294 e. The number of carbonyl (C=O) groups is 1. The van der Waals surface area contributed by atoms with E-state index in [0.717, 1.165) is 4.88 Å². The molecule has 0 N–H and O–H groups in total. The van der Waals surface area contributed by atoms with Gasteiger partial charge in [-0.25, -0.2) is 0 Å². The van der Waals surface area contributed by atoms with Gasteiger partial charge in [0, 0.05) is 6.92 Å². The van der Waals surface area contributed by atoms with Crippen molar-refractivity contribution in [2.45, 2.75) is 6.92 Å². The van der Waals surface area contributed by atoms with Gasteiger partial charge >= 0.3 is 0 Å². The number of halogens is 1. The maximum absolute atomic E-state index is 10.9. The van der Waals surface area contributed by atoms with E-state index < -0.39 is 0 Å². The molecule has 2 aromatic heterocycles. The van der Waals surface area contributed by atoms with Gasteiger partial charge in [-0.05, 0) is 12.1 Å². The third-order valence-corrected chi connectivity index (χ3v) is 2.75. The van der Waals surface area contributed by atoms with Crippen molar-refractivity contribution < 1.29 is 9.32 Å². The van der Waals surface area contributed by atoms with Gasteiger partial charge in [0.05, 0.1) is 9.21 Å². The zero-order valence-corrected chi connectivity index (χ0v) is 8.72. The third-order valence-electron chi connectivity index (χ3n) is 1.52. The summed E-state index contributed by atoms with van der Waals surface area (Å²) in [5, 5.41) is 3.67. The molecule has 0 saturated heterocycles. The van der Waals surface area contributed by atoms with Crippen LogP contribution in [0.5, 0.6) is 0 Å². The van der Waals surface area contributed by atoms with Gasteiger partial charge in [0.25, 0.3) is 5.89 Å². The number of ketones is 1. The minimum absolute atomic E-state index is 0.0181. The molecule has 0 atom stereocenters. The van der Waals surface area contributed by atoms with Crippen molar-refractivity contribution in [3.05, 3.63) is 22.4 Å². The number of thiophene rings is 1. The van der Waals surface area contributed by atoms with Crippen molar-refractivity contribution >= 4 is 28.7 Å². The van der Waals surface area contributed by atoms with Crippen LogP contribution in [-0.4, -0.2) is 15.9 Å². The maximum Gasteiger partial charge on any atom is 0.294 e. The summed E-state index contributed by atoms with van der Waals surface area (Å²) in [6, 6.07) is 3.52. The largest absolute Gasteiger partial charge is 0.330 e. The molecule has 72 valence electrons. The fourth-order valence-corrected chi connectivity index (χ4v) is 1.87. The van der Waals surface area contributed by atoms with Crippen molar-refractivity contribution in [1.82, 2.24) is 10.1 Å². The zero-order valence-electron chi connectivity index (χ0n) is 7.15. The summed E-state index contributed by atoms with van der Waals surface area (Å²) in [6.07, 6.45) is 0. The summed E-state index contributed by atoms with van der Waals surface area (Å²) in [6.45, 7) is 1.37. The predicted molar refractivity (Wildman–Crippen MR) is 52.6 cm³/mol. The van der Waals surface area contributed by atoms with Crippen LogP contribution < -0.4 is 0 Å². The Kier molecular flexibility index (Phi) is 2.35. The molecule has 4 nitrogen and oxygen atoms in total. The van der Waals surface area contributed by atoms with Gasteiger partial charge in [-0.1, -0.05) is 16.8 Å². The first-order valence-electron chi connectivity index (χ1n) is 3.77. The van der Waals surface area contributed by atoms with Crippen LogP contribution in [0.15, 0.2) is 16.7 Å². The van der Waals surface area contributed by atoms with E-state index in [1.54, 1.807) is 12.1 Å². The van der Waals surface area contributed by atoms with Gasteiger partial charge in [-0.15, -0.1) is 11.3 Å². The Hall–Kier alpha value is -1.20. The molecule has 0 aromatic carbocycles. The summed E-state index contributed by atoms with van der Waals surface area (Å²) in [4.78, 5) is 15.6. The van der Waals surface area contributed by atoms with E-state index in [2.05, 4.69) is 10.1 Å². The average Bonchev–Trinajstić information content (AvgIpc) is 2.70. The SMILES string of the molecule is CC(=O)c1nc(-c2ccc(Cl)s2)no1. The first kappa shape index (κ1) is 9.36. The molecule has 0 aliphatic carbocycles. The fraction of sp³-hybridized carbons (Fsp3) is 0.125. The molecule has 0 aliphatic heterocycles. The Morgan fingerprint density at radius 1 is 1.57 bits per heavy atom. The Morgan fingerprint density at radius 2 is 2.36 bits per heavy atom. The summed E-state index contributed by atoms with van der Waals surface area (Å²) in [5.41, 5.74) is 0. The molecule has 0 radical (unpaired) electrons. The normalized spacial score (nSPS) is 10.4. The summed E-state index contributed by atoms with van der Waals surface area (Å²) in [7, 11) is 0. The Bertz CT molecular complexity index is 477. The third kappa shape index (κ3) is 1.69. The van der Waals surface area contributed by atoms with E-state index in [-0.39, 0.29) is 11.7 Å². The predicted octanol–water partition coefficient (Wildman–Crippen LogP) is 2.65. The van der Waals surface area contributed by atoms with Crippen molar-refractivity contribution in [2.24, 2.45) is 0 Å². The molecule has 0 aliphatic rings. The fourth-order valence-electron chi connectivity index (χ4n) is 0.901. The highest BCUT2D eigenvalue weighted by Crippen LogP contribution is 2.28. The second kappa shape index (κ2) is 3.51. The molecule has 6 heteroatoms. The zero-order chi connectivity index (χ0) is 10.1. The van der Waals surface area contributed by atoms with E-state index in [1.807, 2.05) is 0 Å². The van der Waals surface area contributed by atoms with Crippen LogP contribution in [0.3, 0.4) is 0 Å². The molecular formula is C8H5ClN2O2S. The number of hydrogen-bond donors (Lipinski definition) is 0. The topological polar surface area (TPSA) is 56.0 Å². The number of carbonyl (C=O) groups excluding carboxylic acids is 1. The Balaban J connectivity index is 2.38. The first-order chi connectivity index (χ1) is 6.66. The number of hydrogen-bond acceptors (Lipinski definition) is 5. The highest BCUT2D eigenvalue weighted by molar-refractivity contribution is 7.19.